The molecule has 2 N–H and O–H groups in total. The molecule has 0 radical (unpaired) electrons. The maximum Gasteiger partial charge on any atom is 0.407 e. The summed E-state index contributed by atoms with van der Waals surface area (Å²) < 4.78 is 10.9. The van der Waals surface area contributed by atoms with Crippen LogP contribution in [0.1, 0.15) is 30.4 Å². The van der Waals surface area contributed by atoms with E-state index in [1.54, 1.807) is 6.92 Å². The number of rotatable bonds is 9. The highest BCUT2D eigenvalue weighted by molar-refractivity contribution is 5.83. The number of carboxylic acid groups (broad SMARTS) is 1. The molecular weight excluding hydrogens is 424 g/mol. The average molecular weight is 453 g/mol. The van der Waals surface area contributed by atoms with Crippen LogP contribution >= 0.6 is 0 Å². The fraction of sp³-hybridized carbons (Fsp3) is 0.400. The molecule has 0 aromatic heterocycles. The van der Waals surface area contributed by atoms with Gasteiger partial charge in [0.1, 0.15) is 6.61 Å². The molecule has 4 rings (SSSR count). The Kier molecular flexibility index (Phi) is 6.65. The van der Waals surface area contributed by atoms with Gasteiger partial charge in [0.25, 0.3) is 0 Å². The second kappa shape index (κ2) is 9.62. The normalized spacial score (nSPS) is 15.8. The molecule has 0 bridgehead atoms. The first kappa shape index (κ1) is 22.8. The Morgan fingerprint density at radius 2 is 1.64 bits per heavy atom. The Morgan fingerprint density at radius 3 is 2.24 bits per heavy atom. The molecule has 2 amide bonds. The van der Waals surface area contributed by atoms with Crippen LogP contribution in [0.4, 0.5) is 4.79 Å². The summed E-state index contributed by atoms with van der Waals surface area (Å²) in [5.41, 5.74) is 3.83. The van der Waals surface area contributed by atoms with Gasteiger partial charge in [0, 0.05) is 25.6 Å². The van der Waals surface area contributed by atoms with E-state index >= 15 is 0 Å². The fourth-order valence-electron chi connectivity index (χ4n) is 4.40. The van der Waals surface area contributed by atoms with E-state index in [9.17, 15) is 14.4 Å². The quantitative estimate of drug-likeness (QED) is 0.567. The third-order valence-electron chi connectivity index (χ3n) is 6.27. The predicted molar refractivity (Wildman–Crippen MR) is 121 cm³/mol. The van der Waals surface area contributed by atoms with Crippen molar-refractivity contribution in [2.24, 2.45) is 5.41 Å². The highest BCUT2D eigenvalue weighted by Gasteiger charge is 2.47. The number of aliphatic carboxylic acids is 1. The van der Waals surface area contributed by atoms with E-state index in [1.807, 2.05) is 24.3 Å². The number of likely N-dealkylation sites (tertiary alicyclic amines) is 1. The first-order valence-corrected chi connectivity index (χ1v) is 11.1. The topological polar surface area (TPSA) is 105 Å². The fourth-order valence-corrected chi connectivity index (χ4v) is 4.40. The Bertz CT molecular complexity index is 1000. The summed E-state index contributed by atoms with van der Waals surface area (Å²) in [6, 6.07) is 16.3. The number of ether oxygens (including phenoxy) is 2. The van der Waals surface area contributed by atoms with E-state index in [-0.39, 0.29) is 57.7 Å². The van der Waals surface area contributed by atoms with Crippen LogP contribution in [0.2, 0.25) is 0 Å². The third kappa shape index (κ3) is 4.85. The lowest BCUT2D eigenvalue weighted by atomic mass is 9.82. The number of carboxylic acids is 1. The van der Waals surface area contributed by atoms with Gasteiger partial charge >= 0.3 is 12.1 Å². The van der Waals surface area contributed by atoms with Crippen LogP contribution in [-0.2, 0) is 19.1 Å². The van der Waals surface area contributed by atoms with E-state index in [4.69, 9.17) is 14.6 Å². The van der Waals surface area contributed by atoms with Crippen molar-refractivity contribution in [1.29, 1.82) is 0 Å². The van der Waals surface area contributed by atoms with E-state index in [0.29, 0.717) is 0 Å². The van der Waals surface area contributed by atoms with E-state index in [2.05, 4.69) is 29.6 Å². The van der Waals surface area contributed by atoms with Gasteiger partial charge in [-0.05, 0) is 29.2 Å². The van der Waals surface area contributed by atoms with Gasteiger partial charge in [-0.2, -0.15) is 0 Å². The number of alkyl carbamates (subject to hydrolysis) is 1. The monoisotopic (exact) mass is 452 g/mol. The molecule has 1 saturated heterocycles. The second-order valence-electron chi connectivity index (χ2n) is 8.73. The molecular formula is C25H28N2O6. The van der Waals surface area contributed by atoms with E-state index in [1.165, 1.54) is 16.0 Å². The first-order valence-electron chi connectivity index (χ1n) is 11.1. The van der Waals surface area contributed by atoms with Crippen LogP contribution < -0.4 is 5.32 Å². The lowest BCUT2D eigenvalue weighted by Gasteiger charge is -2.44. The maximum absolute atomic E-state index is 12.1. The van der Waals surface area contributed by atoms with Crippen LogP contribution in [-0.4, -0.2) is 67.4 Å². The zero-order chi connectivity index (χ0) is 23.4. The van der Waals surface area contributed by atoms with Crippen LogP contribution in [0.15, 0.2) is 48.5 Å². The van der Waals surface area contributed by atoms with Crippen molar-refractivity contribution in [3.63, 3.8) is 0 Å². The third-order valence-corrected chi connectivity index (χ3v) is 6.27. The van der Waals surface area contributed by atoms with Gasteiger partial charge in [-0.3, -0.25) is 9.59 Å². The first-order chi connectivity index (χ1) is 15.9. The highest BCUT2D eigenvalue weighted by Crippen LogP contribution is 2.44. The minimum absolute atomic E-state index is 0.00917. The molecule has 1 aliphatic heterocycles. The molecule has 0 atom stereocenters. The number of nitrogens with zero attached hydrogens (tertiary/aromatic N) is 1. The van der Waals surface area contributed by atoms with Crippen molar-refractivity contribution < 1.29 is 29.0 Å². The van der Waals surface area contributed by atoms with Gasteiger partial charge < -0.3 is 24.8 Å². The minimum atomic E-state index is -0.887. The van der Waals surface area contributed by atoms with Crippen molar-refractivity contribution in [2.45, 2.75) is 19.3 Å². The molecule has 0 saturated carbocycles. The summed E-state index contributed by atoms with van der Waals surface area (Å²) >= 11 is 0. The largest absolute Gasteiger partial charge is 0.481 e. The summed E-state index contributed by atoms with van der Waals surface area (Å²) in [4.78, 5) is 36.7. The smallest absolute Gasteiger partial charge is 0.407 e. The molecule has 2 aliphatic rings. The molecule has 174 valence electrons. The number of benzene rings is 2. The molecule has 8 heteroatoms. The van der Waals surface area contributed by atoms with Gasteiger partial charge in [0.15, 0.2) is 0 Å². The van der Waals surface area contributed by atoms with Crippen LogP contribution in [0.25, 0.3) is 11.1 Å². The van der Waals surface area contributed by atoms with Gasteiger partial charge in [0.2, 0.25) is 5.91 Å². The highest BCUT2D eigenvalue weighted by atomic mass is 16.5. The summed E-state index contributed by atoms with van der Waals surface area (Å²) in [6.07, 6.45) is -0.328. The molecule has 8 nitrogen and oxygen atoms in total. The van der Waals surface area contributed by atoms with Crippen LogP contribution in [0, 0.1) is 5.41 Å². The molecule has 1 heterocycles. The van der Waals surface area contributed by atoms with Crippen molar-refractivity contribution in [2.75, 3.05) is 39.5 Å². The number of hydrogen-bond acceptors (Lipinski definition) is 5. The van der Waals surface area contributed by atoms with Gasteiger partial charge in [-0.25, -0.2) is 4.79 Å². The van der Waals surface area contributed by atoms with Crippen LogP contribution in [0.5, 0.6) is 0 Å². The van der Waals surface area contributed by atoms with Crippen molar-refractivity contribution in [3.05, 3.63) is 59.7 Å². The number of nitrogens with one attached hydrogen (secondary N) is 1. The van der Waals surface area contributed by atoms with Gasteiger partial charge in [-0.1, -0.05) is 48.5 Å². The molecule has 0 unspecified atom stereocenters. The number of carbonyl (C=O) groups excluding carboxylic acids is 2. The Hall–Kier alpha value is -3.39. The maximum atomic E-state index is 12.1. The zero-order valence-corrected chi connectivity index (χ0v) is 18.6. The summed E-state index contributed by atoms with van der Waals surface area (Å²) in [7, 11) is 0. The van der Waals surface area contributed by atoms with Crippen molar-refractivity contribution in [3.8, 4) is 11.1 Å². The van der Waals surface area contributed by atoms with E-state index in [0.717, 1.165) is 11.1 Å². The SMILES string of the molecule is CC1(C(=O)O)CN(C(=O)CCOCCNC(=O)OCC2c3ccccc3-c3ccccc32)C1. The Morgan fingerprint density at radius 1 is 1.03 bits per heavy atom. The average Bonchev–Trinajstić information content (AvgIpc) is 3.11. The molecule has 1 fully saturated rings. The lowest BCUT2D eigenvalue weighted by Crippen LogP contribution is -2.60. The van der Waals surface area contributed by atoms with Gasteiger partial charge in [0.05, 0.1) is 25.0 Å². The lowest BCUT2D eigenvalue weighted by molar-refractivity contribution is -0.164. The molecule has 2 aromatic rings. The summed E-state index contributed by atoms with van der Waals surface area (Å²) in [5, 5.41) is 11.8. The standard InChI is InChI=1S/C25H28N2O6/c1-25(23(29)30)15-27(16-25)22(28)10-12-32-13-11-26-24(31)33-14-21-19-8-4-2-6-17(19)18-7-3-5-9-20(18)21/h2-9,21H,10-16H2,1H3,(H,26,31)(H,29,30). The number of amides is 2. The second-order valence-corrected chi connectivity index (χ2v) is 8.73. The van der Waals surface area contributed by atoms with E-state index < -0.39 is 17.5 Å². The van der Waals surface area contributed by atoms with Gasteiger partial charge in [-0.15, -0.1) is 0 Å². The van der Waals surface area contributed by atoms with Crippen LogP contribution in [0.3, 0.4) is 0 Å². The Balaban J connectivity index is 1.12. The molecule has 2 aromatic carbocycles. The number of fused-ring (bicyclic) bond motifs is 3. The molecule has 33 heavy (non-hydrogen) atoms. The van der Waals surface area contributed by atoms with Crippen molar-refractivity contribution >= 4 is 18.0 Å². The van der Waals surface area contributed by atoms with Crippen molar-refractivity contribution in [1.82, 2.24) is 10.2 Å². The summed E-state index contributed by atoms with van der Waals surface area (Å²) in [6.45, 7) is 3.07. The molecule has 0 spiro atoms. The minimum Gasteiger partial charge on any atom is -0.481 e. The predicted octanol–water partition coefficient (Wildman–Crippen LogP) is 2.86. The number of hydrogen-bond donors (Lipinski definition) is 2. The Labute approximate surface area is 192 Å². The summed E-state index contributed by atoms with van der Waals surface area (Å²) in [5.74, 6) is -1.00. The molecule has 1 aliphatic carbocycles. The number of carbonyl (C=O) groups is 3. The zero-order valence-electron chi connectivity index (χ0n) is 18.6.